The minimum atomic E-state index is 0.412. The number of hydrogen-bond acceptors (Lipinski definition) is 5. The molecule has 1 fully saturated rings. The Bertz CT molecular complexity index is 562. The molecule has 106 valence electrons. The van der Waals surface area contributed by atoms with Crippen LogP contribution in [0.1, 0.15) is 23.9 Å². The minimum Gasteiger partial charge on any atom is -0.381 e. The van der Waals surface area contributed by atoms with Gasteiger partial charge in [0.1, 0.15) is 18.0 Å². The molecule has 0 aromatic carbocycles. The Morgan fingerprint density at radius 3 is 3.10 bits per heavy atom. The van der Waals surface area contributed by atoms with Crippen molar-refractivity contribution in [2.75, 3.05) is 25.1 Å². The molecule has 0 bridgehead atoms. The summed E-state index contributed by atoms with van der Waals surface area (Å²) in [5, 5.41) is 3.33. The van der Waals surface area contributed by atoms with E-state index in [2.05, 4.69) is 24.8 Å². The molecular weight excluding hydrogens is 254 g/mol. The second kappa shape index (κ2) is 6.00. The number of aryl methyl sites for hydroxylation is 1. The monoisotopic (exact) mass is 273 g/mol. The highest BCUT2D eigenvalue weighted by atomic mass is 16.5. The van der Waals surface area contributed by atoms with Crippen molar-refractivity contribution < 1.29 is 4.74 Å². The Morgan fingerprint density at radius 2 is 2.35 bits per heavy atom. The zero-order chi connectivity index (χ0) is 13.8. The normalized spacial score (nSPS) is 18.4. The lowest BCUT2D eigenvalue weighted by Crippen LogP contribution is -2.12. The minimum absolute atomic E-state index is 0.412. The molecule has 1 aliphatic rings. The van der Waals surface area contributed by atoms with Gasteiger partial charge in [0, 0.05) is 44.1 Å². The molecule has 1 aliphatic heterocycles. The number of aromatic nitrogens is 4. The van der Waals surface area contributed by atoms with Crippen LogP contribution in [0.3, 0.4) is 0 Å². The van der Waals surface area contributed by atoms with Crippen LogP contribution >= 0.6 is 0 Å². The molecule has 0 saturated carbocycles. The van der Waals surface area contributed by atoms with E-state index < -0.39 is 0 Å². The molecule has 0 amide bonds. The lowest BCUT2D eigenvalue weighted by atomic mass is 10.1. The van der Waals surface area contributed by atoms with Gasteiger partial charge in [-0.15, -0.1) is 0 Å². The molecule has 1 atom stereocenters. The van der Waals surface area contributed by atoms with Gasteiger partial charge in [-0.3, -0.25) is 0 Å². The summed E-state index contributed by atoms with van der Waals surface area (Å²) in [6.45, 7) is 5.29. The molecule has 1 N–H and O–H groups in total. The van der Waals surface area contributed by atoms with Gasteiger partial charge in [0.05, 0.1) is 12.3 Å². The van der Waals surface area contributed by atoms with Crippen LogP contribution in [0.2, 0.25) is 0 Å². The first-order valence-electron chi connectivity index (χ1n) is 6.94. The second-order valence-corrected chi connectivity index (χ2v) is 4.98. The third-order valence-electron chi connectivity index (χ3n) is 3.62. The average Bonchev–Trinajstić information content (AvgIpc) is 3.12. The first-order valence-corrected chi connectivity index (χ1v) is 6.94. The van der Waals surface area contributed by atoms with Crippen molar-refractivity contribution in [1.82, 2.24) is 19.5 Å². The van der Waals surface area contributed by atoms with Crippen LogP contribution in [0.5, 0.6) is 0 Å². The molecule has 20 heavy (non-hydrogen) atoms. The highest BCUT2D eigenvalue weighted by Crippen LogP contribution is 2.24. The molecule has 0 spiro atoms. The number of anilines is 1. The summed E-state index contributed by atoms with van der Waals surface area (Å²) < 4.78 is 7.51. The van der Waals surface area contributed by atoms with E-state index in [0.29, 0.717) is 5.92 Å². The fourth-order valence-corrected chi connectivity index (χ4v) is 2.40. The van der Waals surface area contributed by atoms with E-state index in [1.165, 1.54) is 0 Å². The van der Waals surface area contributed by atoms with Crippen LogP contribution in [-0.4, -0.2) is 39.3 Å². The molecule has 3 heterocycles. The quantitative estimate of drug-likeness (QED) is 0.896. The Labute approximate surface area is 118 Å². The molecule has 2 aromatic heterocycles. The van der Waals surface area contributed by atoms with Gasteiger partial charge in [0.15, 0.2) is 0 Å². The lowest BCUT2D eigenvalue weighted by Gasteiger charge is -2.10. The molecule has 2 aromatic rings. The maximum Gasteiger partial charge on any atom is 0.129 e. The van der Waals surface area contributed by atoms with Crippen LogP contribution in [0, 0.1) is 6.92 Å². The lowest BCUT2D eigenvalue weighted by molar-refractivity contribution is 0.193. The second-order valence-electron chi connectivity index (χ2n) is 4.98. The number of nitrogens with one attached hydrogen (secondary N) is 1. The fourth-order valence-electron chi connectivity index (χ4n) is 2.40. The average molecular weight is 273 g/mol. The van der Waals surface area contributed by atoms with E-state index in [0.717, 1.165) is 50.1 Å². The van der Waals surface area contributed by atoms with Crippen LogP contribution in [-0.2, 0) is 11.3 Å². The van der Waals surface area contributed by atoms with Gasteiger partial charge in [-0.05, 0) is 13.3 Å². The summed E-state index contributed by atoms with van der Waals surface area (Å²) in [6.07, 6.45) is 6.47. The Balaban J connectivity index is 1.57. The fraction of sp³-hybridized carbons (Fsp3) is 0.500. The largest absolute Gasteiger partial charge is 0.381 e. The Hall–Kier alpha value is -1.95. The van der Waals surface area contributed by atoms with Crippen molar-refractivity contribution >= 4 is 5.82 Å². The maximum atomic E-state index is 5.40. The SMILES string of the molecule is Cc1nccn1CCNc1cc([C@@H]2CCOC2)ncn1. The van der Waals surface area contributed by atoms with Gasteiger partial charge in [-0.2, -0.15) is 0 Å². The van der Waals surface area contributed by atoms with Crippen molar-refractivity contribution in [2.24, 2.45) is 0 Å². The van der Waals surface area contributed by atoms with Crippen LogP contribution < -0.4 is 5.32 Å². The number of rotatable bonds is 5. The van der Waals surface area contributed by atoms with E-state index in [1.807, 2.05) is 25.4 Å². The number of nitrogens with zero attached hydrogens (tertiary/aromatic N) is 4. The summed E-state index contributed by atoms with van der Waals surface area (Å²) in [6, 6.07) is 2.03. The predicted octanol–water partition coefficient (Wildman–Crippen LogP) is 1.60. The van der Waals surface area contributed by atoms with Crippen molar-refractivity contribution in [1.29, 1.82) is 0 Å². The van der Waals surface area contributed by atoms with Crippen molar-refractivity contribution in [3.05, 3.63) is 36.3 Å². The summed E-state index contributed by atoms with van der Waals surface area (Å²) >= 11 is 0. The van der Waals surface area contributed by atoms with Crippen molar-refractivity contribution in [3.63, 3.8) is 0 Å². The zero-order valence-corrected chi connectivity index (χ0v) is 11.6. The third-order valence-corrected chi connectivity index (χ3v) is 3.62. The van der Waals surface area contributed by atoms with Crippen molar-refractivity contribution in [2.45, 2.75) is 25.8 Å². The highest BCUT2D eigenvalue weighted by Gasteiger charge is 2.19. The third kappa shape index (κ3) is 2.96. The molecule has 0 unspecified atom stereocenters. The summed E-state index contributed by atoms with van der Waals surface area (Å²) in [5.41, 5.74) is 1.07. The standard InChI is InChI=1S/C14H19N5O/c1-11-15-3-5-19(11)6-4-16-14-8-13(17-10-18-14)12-2-7-20-9-12/h3,5,8,10,12H,2,4,6-7,9H2,1H3,(H,16,17,18)/t12-/m1/s1. The first-order chi connectivity index (χ1) is 9.83. The van der Waals surface area contributed by atoms with E-state index in [1.54, 1.807) is 6.33 Å². The van der Waals surface area contributed by atoms with E-state index in [4.69, 9.17) is 4.74 Å². The molecule has 1 saturated heterocycles. The number of ether oxygens (including phenoxy) is 1. The number of hydrogen-bond donors (Lipinski definition) is 1. The summed E-state index contributed by atoms with van der Waals surface area (Å²) in [7, 11) is 0. The van der Waals surface area contributed by atoms with Crippen molar-refractivity contribution in [3.8, 4) is 0 Å². The molecule has 0 aliphatic carbocycles. The zero-order valence-electron chi connectivity index (χ0n) is 11.6. The van der Waals surface area contributed by atoms with E-state index >= 15 is 0 Å². The van der Waals surface area contributed by atoms with Gasteiger partial charge < -0.3 is 14.6 Å². The summed E-state index contributed by atoms with van der Waals surface area (Å²) in [5.74, 6) is 2.31. The van der Waals surface area contributed by atoms with E-state index in [9.17, 15) is 0 Å². The number of imidazole rings is 1. The Kier molecular flexibility index (Phi) is 3.92. The molecule has 6 nitrogen and oxygen atoms in total. The van der Waals surface area contributed by atoms with Gasteiger partial charge >= 0.3 is 0 Å². The van der Waals surface area contributed by atoms with Crippen LogP contribution in [0.4, 0.5) is 5.82 Å². The summed E-state index contributed by atoms with van der Waals surface area (Å²) in [4.78, 5) is 12.8. The predicted molar refractivity (Wildman–Crippen MR) is 75.7 cm³/mol. The van der Waals surface area contributed by atoms with Gasteiger partial charge in [-0.1, -0.05) is 0 Å². The molecule has 6 heteroatoms. The first kappa shape index (κ1) is 13.1. The van der Waals surface area contributed by atoms with Crippen LogP contribution in [0.15, 0.2) is 24.8 Å². The van der Waals surface area contributed by atoms with Gasteiger partial charge in [0.25, 0.3) is 0 Å². The van der Waals surface area contributed by atoms with Crippen LogP contribution in [0.25, 0.3) is 0 Å². The molecular formula is C14H19N5O. The molecule has 3 rings (SSSR count). The Morgan fingerprint density at radius 1 is 1.40 bits per heavy atom. The smallest absolute Gasteiger partial charge is 0.129 e. The van der Waals surface area contributed by atoms with E-state index in [-0.39, 0.29) is 0 Å². The highest BCUT2D eigenvalue weighted by molar-refractivity contribution is 5.35. The topological polar surface area (TPSA) is 64.9 Å². The van der Waals surface area contributed by atoms with Gasteiger partial charge in [-0.25, -0.2) is 15.0 Å². The maximum absolute atomic E-state index is 5.40. The van der Waals surface area contributed by atoms with Gasteiger partial charge in [0.2, 0.25) is 0 Å². The molecule has 0 radical (unpaired) electrons.